The summed E-state index contributed by atoms with van der Waals surface area (Å²) in [5.41, 5.74) is 0. The third-order valence-corrected chi connectivity index (χ3v) is 3.42. The summed E-state index contributed by atoms with van der Waals surface area (Å²) < 4.78 is 224. The molecule has 0 saturated carbocycles. The standard InChI is InChI=1S/C14H5F17O2/c1-2-6(32)33-5-3-4-7(15,16)8(17,18)9(19,20)10(21,22)11(23,24)12(25,26)13(27,28)14(29,30)31/h2H,1,5H2. The van der Waals surface area contributed by atoms with Gasteiger partial charge < -0.3 is 4.74 Å². The first-order valence-corrected chi connectivity index (χ1v) is 7.21. The second-order valence-electron chi connectivity index (χ2n) is 5.63. The normalized spacial score (nSPS) is 14.9. The fourth-order valence-electron chi connectivity index (χ4n) is 1.56. The van der Waals surface area contributed by atoms with E-state index in [1.165, 1.54) is 0 Å². The molecule has 0 aromatic heterocycles. The van der Waals surface area contributed by atoms with Crippen LogP contribution in [-0.2, 0) is 9.53 Å². The van der Waals surface area contributed by atoms with Crippen LogP contribution in [0.1, 0.15) is 0 Å². The van der Waals surface area contributed by atoms with Gasteiger partial charge in [0, 0.05) is 6.08 Å². The molecule has 19 heteroatoms. The van der Waals surface area contributed by atoms with Gasteiger partial charge in [-0.15, -0.1) is 0 Å². The van der Waals surface area contributed by atoms with E-state index in [2.05, 4.69) is 11.3 Å². The van der Waals surface area contributed by atoms with Crippen molar-refractivity contribution in [3.05, 3.63) is 12.7 Å². The van der Waals surface area contributed by atoms with Crippen LogP contribution in [0.2, 0.25) is 0 Å². The van der Waals surface area contributed by atoms with Crippen molar-refractivity contribution in [2.45, 2.75) is 47.6 Å². The van der Waals surface area contributed by atoms with E-state index in [0.717, 1.165) is 0 Å². The van der Waals surface area contributed by atoms with Crippen molar-refractivity contribution >= 4 is 5.97 Å². The molecule has 0 unspecified atom stereocenters. The fraction of sp³-hybridized carbons (Fsp3) is 0.643. The summed E-state index contributed by atoms with van der Waals surface area (Å²) in [6, 6.07) is 0. The van der Waals surface area contributed by atoms with Crippen LogP contribution in [0.15, 0.2) is 12.7 Å². The fourth-order valence-corrected chi connectivity index (χ4v) is 1.56. The minimum absolute atomic E-state index is 0.217. The summed E-state index contributed by atoms with van der Waals surface area (Å²) in [7, 11) is 0. The van der Waals surface area contributed by atoms with Gasteiger partial charge >= 0.3 is 53.6 Å². The highest BCUT2D eigenvalue weighted by atomic mass is 19.4. The number of rotatable bonds is 8. The van der Waals surface area contributed by atoms with Gasteiger partial charge in [-0.3, -0.25) is 0 Å². The number of carbonyl (C=O) groups excluding carboxylic acids is 1. The third-order valence-electron chi connectivity index (χ3n) is 3.42. The third kappa shape index (κ3) is 4.52. The second-order valence-corrected chi connectivity index (χ2v) is 5.63. The molecule has 0 fully saturated rings. The smallest absolute Gasteiger partial charge is 0.449 e. The van der Waals surface area contributed by atoms with Crippen LogP contribution in [0.4, 0.5) is 74.6 Å². The average molecular weight is 528 g/mol. The largest absolute Gasteiger partial charge is 0.460 e. The van der Waals surface area contributed by atoms with Crippen LogP contribution >= 0.6 is 0 Å². The second kappa shape index (κ2) is 8.42. The monoisotopic (exact) mass is 528 g/mol. The van der Waals surface area contributed by atoms with E-state index >= 15 is 0 Å². The van der Waals surface area contributed by atoms with Gasteiger partial charge in [0.2, 0.25) is 0 Å². The van der Waals surface area contributed by atoms with Crippen molar-refractivity contribution in [1.29, 1.82) is 0 Å². The molecule has 2 nitrogen and oxygen atoms in total. The molecule has 33 heavy (non-hydrogen) atoms. The summed E-state index contributed by atoms with van der Waals surface area (Å²) in [6.07, 6.45) is -7.49. The highest BCUT2D eigenvalue weighted by Gasteiger charge is 2.95. The number of esters is 1. The van der Waals surface area contributed by atoms with Crippen LogP contribution < -0.4 is 0 Å². The Bertz CT molecular complexity index is 812. The predicted octanol–water partition coefficient (Wildman–Crippen LogP) is 5.73. The van der Waals surface area contributed by atoms with Gasteiger partial charge in [0.15, 0.2) is 6.61 Å². The van der Waals surface area contributed by atoms with Gasteiger partial charge in [-0.25, -0.2) is 4.79 Å². The van der Waals surface area contributed by atoms with E-state index in [-0.39, 0.29) is 5.92 Å². The zero-order valence-electron chi connectivity index (χ0n) is 14.7. The molecule has 0 saturated heterocycles. The number of halogens is 17. The lowest BCUT2D eigenvalue weighted by Gasteiger charge is -2.42. The SMILES string of the molecule is C=CC(=O)OCC#CC(F)(F)C(F)(F)C(F)(F)C(F)(F)C(F)(F)C(F)(F)C(F)(F)C(F)(F)F. The van der Waals surface area contributed by atoms with Crippen LogP contribution in [0.25, 0.3) is 0 Å². The molecule has 0 aromatic rings. The Labute approximate surface area is 170 Å². The molecule has 0 spiro atoms. The van der Waals surface area contributed by atoms with Crippen molar-refractivity contribution in [2.24, 2.45) is 0 Å². The first-order chi connectivity index (χ1) is 14.2. The minimum atomic E-state index is -8.70. The van der Waals surface area contributed by atoms with Gasteiger partial charge in [-0.05, 0) is 5.92 Å². The van der Waals surface area contributed by atoms with E-state index in [1.807, 2.05) is 0 Å². The minimum Gasteiger partial charge on any atom is -0.449 e. The molecule has 0 aliphatic heterocycles. The summed E-state index contributed by atoms with van der Waals surface area (Å²) in [5, 5.41) is 0. The maximum atomic E-state index is 13.4. The molecule has 0 N–H and O–H groups in total. The summed E-state index contributed by atoms with van der Waals surface area (Å²) in [5.74, 6) is -58.3. The Hall–Kier alpha value is -2.42. The van der Waals surface area contributed by atoms with Crippen molar-refractivity contribution < 1.29 is 84.2 Å². The van der Waals surface area contributed by atoms with Crippen molar-refractivity contribution in [2.75, 3.05) is 6.61 Å². The molecule has 0 atom stereocenters. The van der Waals surface area contributed by atoms with Gasteiger partial charge in [0.25, 0.3) is 0 Å². The molecule has 0 heterocycles. The zero-order chi connectivity index (χ0) is 27.1. The van der Waals surface area contributed by atoms with Gasteiger partial charge in [0.05, 0.1) is 0 Å². The van der Waals surface area contributed by atoms with Crippen molar-refractivity contribution in [3.8, 4) is 11.8 Å². The average Bonchev–Trinajstić information content (AvgIpc) is 2.62. The van der Waals surface area contributed by atoms with E-state index in [9.17, 15) is 79.4 Å². The summed E-state index contributed by atoms with van der Waals surface area (Å²) in [6.45, 7) is 1.08. The van der Waals surface area contributed by atoms with Crippen LogP contribution in [-0.4, -0.2) is 60.2 Å². The topological polar surface area (TPSA) is 26.3 Å². The summed E-state index contributed by atoms with van der Waals surface area (Å²) >= 11 is 0. The van der Waals surface area contributed by atoms with Gasteiger partial charge in [-0.1, -0.05) is 12.5 Å². The molecule has 0 aliphatic rings. The molecule has 0 radical (unpaired) electrons. The molecule has 0 rings (SSSR count). The molecule has 192 valence electrons. The quantitative estimate of drug-likeness (QED) is 0.174. The maximum absolute atomic E-state index is 13.4. The Morgan fingerprint density at radius 1 is 0.636 bits per heavy atom. The Balaban J connectivity index is 6.51. The predicted molar refractivity (Wildman–Crippen MR) is 69.6 cm³/mol. The number of hydrogen-bond acceptors (Lipinski definition) is 2. The molecule has 0 bridgehead atoms. The Kier molecular flexibility index (Phi) is 7.80. The molecular weight excluding hydrogens is 523 g/mol. The van der Waals surface area contributed by atoms with E-state index in [1.54, 1.807) is 0 Å². The lowest BCUT2D eigenvalue weighted by Crippen LogP contribution is -2.74. The Morgan fingerprint density at radius 3 is 1.30 bits per heavy atom. The first-order valence-electron chi connectivity index (χ1n) is 7.21. The maximum Gasteiger partial charge on any atom is 0.460 e. The molecule has 0 amide bonds. The number of alkyl halides is 17. The van der Waals surface area contributed by atoms with Crippen LogP contribution in [0.5, 0.6) is 0 Å². The number of carbonyl (C=O) groups is 1. The van der Waals surface area contributed by atoms with Crippen LogP contribution in [0, 0.1) is 11.8 Å². The lowest BCUT2D eigenvalue weighted by atomic mass is 9.89. The van der Waals surface area contributed by atoms with Gasteiger partial charge in [-0.2, -0.15) is 74.6 Å². The summed E-state index contributed by atoms with van der Waals surface area (Å²) in [4.78, 5) is 10.5. The first kappa shape index (κ1) is 30.6. The van der Waals surface area contributed by atoms with Crippen LogP contribution in [0.3, 0.4) is 0 Å². The Morgan fingerprint density at radius 2 is 0.970 bits per heavy atom. The van der Waals surface area contributed by atoms with E-state index < -0.39 is 60.2 Å². The molecular formula is C14H5F17O2. The van der Waals surface area contributed by atoms with Crippen molar-refractivity contribution in [1.82, 2.24) is 0 Å². The zero-order valence-corrected chi connectivity index (χ0v) is 14.7. The molecule has 0 aliphatic carbocycles. The highest BCUT2D eigenvalue weighted by molar-refractivity contribution is 5.81. The number of ether oxygens (including phenoxy) is 1. The highest BCUT2D eigenvalue weighted by Crippen LogP contribution is 2.63. The lowest BCUT2D eigenvalue weighted by molar-refractivity contribution is -0.459. The van der Waals surface area contributed by atoms with Gasteiger partial charge in [0.1, 0.15) is 0 Å². The number of hydrogen-bond donors (Lipinski definition) is 0. The molecule has 0 aromatic carbocycles. The van der Waals surface area contributed by atoms with E-state index in [0.29, 0.717) is 12.0 Å². The van der Waals surface area contributed by atoms with E-state index in [4.69, 9.17) is 0 Å². The van der Waals surface area contributed by atoms with Crippen molar-refractivity contribution in [3.63, 3.8) is 0 Å².